The summed E-state index contributed by atoms with van der Waals surface area (Å²) in [5.74, 6) is 34.3. The van der Waals surface area contributed by atoms with Crippen LogP contribution >= 0.6 is 0 Å². The van der Waals surface area contributed by atoms with Crippen LogP contribution in [0.25, 0.3) is 11.1 Å². The number of benzene rings is 10. The summed E-state index contributed by atoms with van der Waals surface area (Å²) >= 11 is 0. The molecule has 0 saturated heterocycles. The number of hydrogen-bond acceptors (Lipinski definition) is 15. The first-order chi connectivity index (χ1) is 50.9. The van der Waals surface area contributed by atoms with Crippen LogP contribution in [0.4, 0.5) is 28.4 Å². The van der Waals surface area contributed by atoms with Gasteiger partial charge in [0.05, 0.1) is 90.8 Å². The molecule has 0 heterocycles. The lowest BCUT2D eigenvalue weighted by molar-refractivity contribution is -0.393. The van der Waals surface area contributed by atoms with E-state index in [4.69, 9.17) is 19.0 Å². The van der Waals surface area contributed by atoms with Gasteiger partial charge in [0.1, 0.15) is 18.1 Å². The molecule has 104 heavy (non-hydrogen) atoms. The SMILES string of the molecule is O=C(CCO/N=C1\c2cc([N+](=O)[O-])ccc2-c2c1cc([N+](=O)[O-])cc2[N+](=O)[O-])Oc1ccc(N=Nc2ccc(C(=O)OCCCCCCCCCCCOc3c(C#Cc4ccccc4)c(C#Cc4ccccc4)c(C#Cc4ccccc4)c(C#Cc4ccccc4)c3C#Cc3ccccc3)cc2)cc1. The first-order valence-corrected chi connectivity index (χ1v) is 33.6. The number of oxime groups is 1. The van der Waals surface area contributed by atoms with Crippen LogP contribution in [0.2, 0.25) is 0 Å². The number of rotatable bonds is 24. The molecule has 1 aliphatic carbocycles. The molecular weight excluding hydrogens is 1310 g/mol. The van der Waals surface area contributed by atoms with Crippen LogP contribution in [0.15, 0.2) is 246 Å². The highest BCUT2D eigenvalue weighted by molar-refractivity contribution is 6.26. The summed E-state index contributed by atoms with van der Waals surface area (Å²) in [5.41, 5.74) is 6.99. The van der Waals surface area contributed by atoms with Crippen LogP contribution in [0.3, 0.4) is 0 Å². The van der Waals surface area contributed by atoms with Gasteiger partial charge in [-0.1, -0.05) is 200 Å². The first kappa shape index (κ1) is 71.3. The lowest BCUT2D eigenvalue weighted by Crippen LogP contribution is -2.11. The monoisotopic (exact) mass is 1370 g/mol. The highest BCUT2D eigenvalue weighted by Gasteiger charge is 2.37. The van der Waals surface area contributed by atoms with Crippen molar-refractivity contribution in [3.05, 3.63) is 333 Å². The molecule has 1 aliphatic rings. The van der Waals surface area contributed by atoms with Crippen LogP contribution in [0.5, 0.6) is 11.5 Å². The Morgan fingerprint density at radius 2 is 0.798 bits per heavy atom. The van der Waals surface area contributed by atoms with E-state index in [1.165, 1.54) is 18.2 Å². The molecule has 0 radical (unpaired) electrons. The van der Waals surface area contributed by atoms with Gasteiger partial charge in [-0.3, -0.25) is 35.1 Å². The Bertz CT molecular complexity index is 5070. The molecule has 0 spiro atoms. The number of esters is 2. The molecule has 0 aromatic heterocycles. The molecule has 0 saturated carbocycles. The van der Waals surface area contributed by atoms with Gasteiger partial charge in [0.25, 0.3) is 17.1 Å². The number of carbonyl (C=O) groups is 2. The number of nitro benzene ring substituents is 3. The minimum atomic E-state index is -0.806. The Hall–Kier alpha value is -14.0. The maximum atomic E-state index is 12.9. The number of ether oxygens (including phenoxy) is 3. The van der Waals surface area contributed by atoms with Gasteiger partial charge in [-0.15, -0.1) is 0 Å². The van der Waals surface area contributed by atoms with E-state index in [-0.39, 0.29) is 52.4 Å². The van der Waals surface area contributed by atoms with E-state index in [1.807, 2.05) is 152 Å². The van der Waals surface area contributed by atoms with E-state index in [1.54, 1.807) is 36.4 Å². The Morgan fingerprint density at radius 3 is 1.25 bits per heavy atom. The Labute approximate surface area is 600 Å². The standard InChI is InChI=1S/C86H64N6O12/c93-82(55-58-103-89-84-79-59-70(90(95)96)46-54-76(79)83-80(84)60-71(91(97)98)61-81(83)92(99)100)104-72-47-44-69(45-48-72)88-87-68-42-40-67(41-43-68)86(94)102-57-24-7-5-3-1-2-4-6-23-56-101-85-77(52-38-65-31-19-11-20-32-65)74(50-36-63-27-15-9-16-28-63)73(49-35-62-25-13-8-14-26-62)75(51-37-64-29-17-10-18-30-64)78(85)53-39-66-33-21-12-22-34-66/h8-22,25-34,40-48,54,59-61H,1-7,23-24,55-58H2/b88-87?,89-84+. The first-order valence-electron chi connectivity index (χ1n) is 33.6. The number of carbonyl (C=O) groups excluding carboxylic acids is 2. The topological polar surface area (TPSA) is 238 Å². The van der Waals surface area contributed by atoms with Crippen molar-refractivity contribution in [2.45, 2.75) is 64.2 Å². The maximum Gasteiger partial charge on any atom is 0.338 e. The summed E-state index contributed by atoms with van der Waals surface area (Å²) in [4.78, 5) is 64.1. The van der Waals surface area contributed by atoms with Crippen LogP contribution in [-0.4, -0.2) is 52.2 Å². The zero-order chi connectivity index (χ0) is 72.2. The fourth-order valence-corrected chi connectivity index (χ4v) is 11.0. The van der Waals surface area contributed by atoms with Gasteiger partial charge >= 0.3 is 11.9 Å². The number of unbranched alkanes of at least 4 members (excludes halogenated alkanes) is 8. The normalized spacial score (nSPS) is 11.1. The predicted octanol–water partition coefficient (Wildman–Crippen LogP) is 18.3. The molecule has 510 valence electrons. The van der Waals surface area contributed by atoms with Crippen LogP contribution in [0, 0.1) is 89.5 Å². The molecule has 0 bridgehead atoms. The molecule has 0 aliphatic heterocycles. The second kappa shape index (κ2) is 36.2. The van der Waals surface area contributed by atoms with Gasteiger partial charge in [0.2, 0.25) is 0 Å². The van der Waals surface area contributed by atoms with Gasteiger partial charge in [-0.2, -0.15) is 10.2 Å². The molecular formula is C86H64N6O12. The number of nitrogens with zero attached hydrogens (tertiary/aromatic N) is 6. The maximum absolute atomic E-state index is 12.9. The average molecular weight is 1370 g/mol. The lowest BCUT2D eigenvalue weighted by atomic mass is 9.89. The van der Waals surface area contributed by atoms with E-state index >= 15 is 0 Å². The largest absolute Gasteiger partial charge is 0.491 e. The molecule has 0 N–H and O–H groups in total. The third-order valence-corrected chi connectivity index (χ3v) is 16.3. The highest BCUT2D eigenvalue weighted by Crippen LogP contribution is 2.46. The van der Waals surface area contributed by atoms with Crippen molar-refractivity contribution in [1.29, 1.82) is 0 Å². The summed E-state index contributed by atoms with van der Waals surface area (Å²) in [5, 5.41) is 47.8. The van der Waals surface area contributed by atoms with E-state index < -0.39 is 38.1 Å². The van der Waals surface area contributed by atoms with E-state index in [0.717, 1.165) is 110 Å². The quantitative estimate of drug-likeness (QED) is 0.0104. The zero-order valence-corrected chi connectivity index (χ0v) is 56.2. The molecule has 0 fully saturated rings. The summed E-state index contributed by atoms with van der Waals surface area (Å²) in [6.07, 6.45) is 8.35. The van der Waals surface area contributed by atoms with Crippen LogP contribution in [0.1, 0.15) is 141 Å². The smallest absolute Gasteiger partial charge is 0.338 e. The Kier molecular flexibility index (Phi) is 24.8. The van der Waals surface area contributed by atoms with E-state index in [2.05, 4.69) is 74.6 Å². The van der Waals surface area contributed by atoms with Gasteiger partial charge in [-0.05, 0) is 134 Å². The minimum absolute atomic E-state index is 0.0171. The summed E-state index contributed by atoms with van der Waals surface area (Å²) in [7, 11) is 0. The Morgan fingerprint density at radius 1 is 0.385 bits per heavy atom. The van der Waals surface area contributed by atoms with Gasteiger partial charge in [-0.25, -0.2) is 4.79 Å². The summed E-state index contributed by atoms with van der Waals surface area (Å²) < 4.78 is 18.0. The molecule has 10 aromatic rings. The van der Waals surface area contributed by atoms with Gasteiger partial charge in [0, 0.05) is 57.1 Å². The third-order valence-electron chi connectivity index (χ3n) is 16.3. The molecule has 0 amide bonds. The molecule has 18 heteroatoms. The molecule has 10 aromatic carbocycles. The second-order valence-corrected chi connectivity index (χ2v) is 23.6. The van der Waals surface area contributed by atoms with Crippen molar-refractivity contribution >= 4 is 46.1 Å². The molecule has 0 unspecified atom stereocenters. The fourth-order valence-electron chi connectivity index (χ4n) is 11.0. The Balaban J connectivity index is 0.646. The highest BCUT2D eigenvalue weighted by atomic mass is 16.6. The predicted molar refractivity (Wildman–Crippen MR) is 397 cm³/mol. The lowest BCUT2D eigenvalue weighted by Gasteiger charge is -2.17. The summed E-state index contributed by atoms with van der Waals surface area (Å²) in [6, 6.07) is 67.4. The number of azo groups is 1. The zero-order valence-electron chi connectivity index (χ0n) is 56.2. The van der Waals surface area contributed by atoms with Gasteiger partial charge in [0.15, 0.2) is 5.75 Å². The van der Waals surface area contributed by atoms with Crippen molar-refractivity contribution in [3.8, 4) is 81.8 Å². The van der Waals surface area contributed by atoms with E-state index in [0.29, 0.717) is 63.7 Å². The van der Waals surface area contributed by atoms with Crippen LogP contribution in [-0.2, 0) is 14.4 Å². The minimum Gasteiger partial charge on any atom is -0.491 e. The fraction of sp³-hybridized carbons (Fsp3) is 0.151. The van der Waals surface area contributed by atoms with Crippen molar-refractivity contribution in [3.63, 3.8) is 0 Å². The average Bonchev–Trinajstić information content (AvgIpc) is 1.54. The van der Waals surface area contributed by atoms with Crippen LogP contribution < -0.4 is 9.47 Å². The third kappa shape index (κ3) is 19.7. The van der Waals surface area contributed by atoms with Crippen molar-refractivity contribution in [2.24, 2.45) is 15.4 Å². The van der Waals surface area contributed by atoms with Gasteiger partial charge < -0.3 is 19.0 Å². The molecule has 0 atom stereocenters. The number of hydrogen-bond donors (Lipinski definition) is 0. The van der Waals surface area contributed by atoms with Crippen molar-refractivity contribution < 1.29 is 43.4 Å². The second-order valence-electron chi connectivity index (χ2n) is 23.6. The van der Waals surface area contributed by atoms with E-state index in [9.17, 15) is 39.9 Å². The number of fused-ring (bicyclic) bond motifs is 3. The van der Waals surface area contributed by atoms with Crippen molar-refractivity contribution in [2.75, 3.05) is 19.8 Å². The molecule has 11 rings (SSSR count). The summed E-state index contributed by atoms with van der Waals surface area (Å²) in [6.45, 7) is 0.362. The molecule has 18 nitrogen and oxygen atoms in total. The number of non-ortho nitro benzene ring substituents is 2. The van der Waals surface area contributed by atoms with Crippen molar-refractivity contribution in [1.82, 2.24) is 0 Å². The number of nitro groups is 3.